The van der Waals surface area contributed by atoms with Crippen LogP contribution < -0.4 is 5.32 Å². The number of halogens is 2. The molecule has 0 aromatic heterocycles. The fraction of sp³-hybridized carbons (Fsp3) is 0.438. The van der Waals surface area contributed by atoms with Gasteiger partial charge in [-0.2, -0.15) is 0 Å². The predicted octanol–water partition coefficient (Wildman–Crippen LogP) is 1.49. The maximum Gasteiger partial charge on any atom is 0.344 e. The number of carbonyl (C=O) groups excluding carboxylic acids is 3. The minimum Gasteiger partial charge on any atom is -0.452 e. The second-order valence-corrected chi connectivity index (χ2v) is 6.22. The molecule has 1 aromatic rings. The number of esters is 1. The molecule has 0 aliphatic heterocycles. The van der Waals surface area contributed by atoms with E-state index in [1.54, 1.807) is 20.8 Å². The number of hydrogen-bond acceptors (Lipinski definition) is 4. The van der Waals surface area contributed by atoms with E-state index in [0.717, 1.165) is 23.1 Å². The van der Waals surface area contributed by atoms with Crippen LogP contribution in [0.25, 0.3) is 0 Å². The molecule has 6 nitrogen and oxygen atoms in total. The molecule has 0 spiro atoms. The molecule has 0 aliphatic carbocycles. The molecule has 0 saturated heterocycles. The number of nitrogens with one attached hydrogen (secondary N) is 1. The summed E-state index contributed by atoms with van der Waals surface area (Å²) in [5, 5.41) is 2.67. The molecular weight excluding hydrogens is 322 g/mol. The van der Waals surface area contributed by atoms with Crippen molar-refractivity contribution < 1.29 is 27.9 Å². The number of nitrogens with zero attached hydrogens (tertiary/aromatic N) is 1. The first-order valence-corrected chi connectivity index (χ1v) is 7.17. The Balaban J connectivity index is 2.56. The summed E-state index contributed by atoms with van der Waals surface area (Å²) in [4.78, 5) is 36.3. The van der Waals surface area contributed by atoms with Crippen LogP contribution in [0, 0.1) is 11.6 Å². The number of rotatable bonds is 5. The SMILES string of the molecule is CN(CC(=O)NC(C)(C)C)C(=O)COC(=O)c1c(F)cccc1F. The summed E-state index contributed by atoms with van der Waals surface area (Å²) in [6.45, 7) is 4.40. The maximum atomic E-state index is 13.4. The summed E-state index contributed by atoms with van der Waals surface area (Å²) in [6.07, 6.45) is 0. The van der Waals surface area contributed by atoms with Crippen LogP contribution >= 0.6 is 0 Å². The number of hydrogen-bond donors (Lipinski definition) is 1. The minimum absolute atomic E-state index is 0.234. The highest BCUT2D eigenvalue weighted by Gasteiger charge is 2.22. The Labute approximate surface area is 138 Å². The van der Waals surface area contributed by atoms with Crippen molar-refractivity contribution in [2.24, 2.45) is 0 Å². The van der Waals surface area contributed by atoms with E-state index in [4.69, 9.17) is 0 Å². The number of amides is 2. The molecule has 0 radical (unpaired) electrons. The van der Waals surface area contributed by atoms with Gasteiger partial charge in [0, 0.05) is 12.6 Å². The average Bonchev–Trinajstić information content (AvgIpc) is 2.42. The molecule has 1 aromatic carbocycles. The molecule has 0 saturated carbocycles. The second-order valence-electron chi connectivity index (χ2n) is 6.22. The molecule has 0 atom stereocenters. The number of likely N-dealkylation sites (N-methyl/N-ethyl adjacent to an activating group) is 1. The van der Waals surface area contributed by atoms with Crippen LogP contribution in [0.4, 0.5) is 8.78 Å². The van der Waals surface area contributed by atoms with E-state index in [-0.39, 0.29) is 12.5 Å². The van der Waals surface area contributed by atoms with Gasteiger partial charge in [0.2, 0.25) is 5.91 Å². The van der Waals surface area contributed by atoms with Gasteiger partial charge in [-0.05, 0) is 32.9 Å². The van der Waals surface area contributed by atoms with Crippen LogP contribution in [0.15, 0.2) is 18.2 Å². The van der Waals surface area contributed by atoms with Crippen LogP contribution in [0.2, 0.25) is 0 Å². The Kier molecular flexibility index (Phi) is 6.39. The average molecular weight is 342 g/mol. The van der Waals surface area contributed by atoms with Crippen LogP contribution in [0.5, 0.6) is 0 Å². The van der Waals surface area contributed by atoms with Gasteiger partial charge < -0.3 is 15.0 Å². The largest absolute Gasteiger partial charge is 0.452 e. The van der Waals surface area contributed by atoms with E-state index in [9.17, 15) is 23.2 Å². The second kappa shape index (κ2) is 7.85. The summed E-state index contributed by atoms with van der Waals surface area (Å²) < 4.78 is 31.5. The highest BCUT2D eigenvalue weighted by Crippen LogP contribution is 2.13. The van der Waals surface area contributed by atoms with Crippen molar-refractivity contribution in [2.75, 3.05) is 20.2 Å². The third-order valence-electron chi connectivity index (χ3n) is 2.81. The van der Waals surface area contributed by atoms with Crippen molar-refractivity contribution in [3.63, 3.8) is 0 Å². The van der Waals surface area contributed by atoms with Gasteiger partial charge in [0.1, 0.15) is 17.2 Å². The van der Waals surface area contributed by atoms with Gasteiger partial charge in [-0.15, -0.1) is 0 Å². The zero-order chi connectivity index (χ0) is 18.5. The van der Waals surface area contributed by atoms with E-state index in [1.807, 2.05) is 0 Å². The lowest BCUT2D eigenvalue weighted by Gasteiger charge is -2.23. The van der Waals surface area contributed by atoms with Crippen molar-refractivity contribution in [3.8, 4) is 0 Å². The van der Waals surface area contributed by atoms with Gasteiger partial charge in [-0.25, -0.2) is 13.6 Å². The molecule has 0 aliphatic rings. The zero-order valence-corrected chi connectivity index (χ0v) is 14.0. The monoisotopic (exact) mass is 342 g/mol. The normalized spacial score (nSPS) is 10.9. The van der Waals surface area contributed by atoms with Crippen LogP contribution in [-0.4, -0.2) is 48.4 Å². The van der Waals surface area contributed by atoms with E-state index < -0.39 is 41.2 Å². The van der Waals surface area contributed by atoms with E-state index in [1.165, 1.54) is 7.05 Å². The minimum atomic E-state index is -1.29. The first kappa shape index (κ1) is 19.5. The maximum absolute atomic E-state index is 13.4. The quantitative estimate of drug-likeness (QED) is 0.823. The summed E-state index contributed by atoms with van der Waals surface area (Å²) in [5.74, 6) is -4.50. The van der Waals surface area contributed by atoms with Crippen molar-refractivity contribution in [1.82, 2.24) is 10.2 Å². The predicted molar refractivity (Wildman–Crippen MR) is 82.2 cm³/mol. The first-order chi connectivity index (χ1) is 11.0. The third kappa shape index (κ3) is 5.94. The molecule has 0 fully saturated rings. The van der Waals surface area contributed by atoms with Gasteiger partial charge in [0.25, 0.3) is 5.91 Å². The van der Waals surface area contributed by atoms with Gasteiger partial charge in [-0.1, -0.05) is 6.07 Å². The fourth-order valence-corrected chi connectivity index (χ4v) is 1.76. The summed E-state index contributed by atoms with van der Waals surface area (Å²) in [6, 6.07) is 2.92. The van der Waals surface area contributed by atoms with E-state index >= 15 is 0 Å². The number of benzene rings is 1. The van der Waals surface area contributed by atoms with Gasteiger partial charge in [0.15, 0.2) is 6.61 Å². The van der Waals surface area contributed by atoms with Crippen LogP contribution in [0.3, 0.4) is 0 Å². The van der Waals surface area contributed by atoms with E-state index in [2.05, 4.69) is 10.1 Å². The Morgan fingerprint density at radius 3 is 2.21 bits per heavy atom. The lowest BCUT2D eigenvalue weighted by molar-refractivity contribution is -0.137. The summed E-state index contributed by atoms with van der Waals surface area (Å²) in [5.41, 5.74) is -1.31. The molecule has 2 amide bonds. The molecular formula is C16H20F2N2O4. The topological polar surface area (TPSA) is 75.7 Å². The Morgan fingerprint density at radius 1 is 1.17 bits per heavy atom. The summed E-state index contributed by atoms with van der Waals surface area (Å²) in [7, 11) is 1.35. The third-order valence-corrected chi connectivity index (χ3v) is 2.81. The molecule has 24 heavy (non-hydrogen) atoms. The molecule has 0 bridgehead atoms. The molecule has 132 valence electrons. The highest BCUT2D eigenvalue weighted by molar-refractivity contribution is 5.92. The zero-order valence-electron chi connectivity index (χ0n) is 14.0. The van der Waals surface area contributed by atoms with Crippen molar-refractivity contribution in [3.05, 3.63) is 35.4 Å². The Morgan fingerprint density at radius 2 is 1.71 bits per heavy atom. The van der Waals surface area contributed by atoms with Gasteiger partial charge in [-0.3, -0.25) is 9.59 Å². The highest BCUT2D eigenvalue weighted by atomic mass is 19.1. The smallest absolute Gasteiger partial charge is 0.344 e. The Bertz CT molecular complexity index is 621. The molecule has 0 heterocycles. The van der Waals surface area contributed by atoms with Gasteiger partial charge >= 0.3 is 5.97 Å². The van der Waals surface area contributed by atoms with Gasteiger partial charge in [0.05, 0.1) is 6.54 Å². The molecule has 1 rings (SSSR count). The first-order valence-electron chi connectivity index (χ1n) is 7.17. The lowest BCUT2D eigenvalue weighted by Crippen LogP contribution is -2.46. The standard InChI is InChI=1S/C16H20F2N2O4/c1-16(2,3)19-12(21)8-20(4)13(22)9-24-15(23)14-10(17)6-5-7-11(14)18/h5-7H,8-9H2,1-4H3,(H,19,21). The molecule has 8 heteroatoms. The van der Waals surface area contributed by atoms with E-state index in [0.29, 0.717) is 0 Å². The lowest BCUT2D eigenvalue weighted by atomic mass is 10.1. The number of ether oxygens (including phenoxy) is 1. The van der Waals surface area contributed by atoms with Crippen molar-refractivity contribution in [1.29, 1.82) is 0 Å². The van der Waals surface area contributed by atoms with Crippen LogP contribution in [-0.2, 0) is 14.3 Å². The summed E-state index contributed by atoms with van der Waals surface area (Å²) >= 11 is 0. The van der Waals surface area contributed by atoms with Crippen molar-refractivity contribution in [2.45, 2.75) is 26.3 Å². The number of carbonyl (C=O) groups is 3. The molecule has 1 N–H and O–H groups in total. The Hall–Kier alpha value is -2.51. The van der Waals surface area contributed by atoms with Crippen LogP contribution in [0.1, 0.15) is 31.1 Å². The molecule has 0 unspecified atom stereocenters. The van der Waals surface area contributed by atoms with Crippen molar-refractivity contribution >= 4 is 17.8 Å². The fourth-order valence-electron chi connectivity index (χ4n) is 1.76.